The highest BCUT2D eigenvalue weighted by Crippen LogP contribution is 2.40. The van der Waals surface area contributed by atoms with Crippen LogP contribution in [0.25, 0.3) is 0 Å². The van der Waals surface area contributed by atoms with Crippen molar-refractivity contribution in [2.75, 3.05) is 21.3 Å². The summed E-state index contributed by atoms with van der Waals surface area (Å²) < 4.78 is 16.0. The van der Waals surface area contributed by atoms with Crippen molar-refractivity contribution in [1.82, 2.24) is 0 Å². The third kappa shape index (κ3) is 4.43. The van der Waals surface area contributed by atoms with E-state index >= 15 is 0 Å². The number of hydrogen-bond acceptors (Lipinski definition) is 5. The Hall–Kier alpha value is -1.17. The Balaban J connectivity index is 0.00000264. The van der Waals surface area contributed by atoms with Gasteiger partial charge in [0, 0.05) is 11.6 Å². The van der Waals surface area contributed by atoms with Crippen LogP contribution in [0.4, 0.5) is 0 Å². The SMILES string of the molecule is COc1cc(OC)c([C@H](N)[C@H](O)C2CCCCC2)cc1OC.Cl. The number of ether oxygens (including phenoxy) is 3. The summed E-state index contributed by atoms with van der Waals surface area (Å²) in [6.07, 6.45) is 5.06. The van der Waals surface area contributed by atoms with Crippen molar-refractivity contribution < 1.29 is 19.3 Å². The minimum Gasteiger partial charge on any atom is -0.496 e. The Morgan fingerprint density at radius 3 is 2.00 bits per heavy atom. The molecule has 5 nitrogen and oxygen atoms in total. The number of methoxy groups -OCH3 is 3. The lowest BCUT2D eigenvalue weighted by Crippen LogP contribution is -2.34. The molecule has 0 heterocycles. The highest BCUT2D eigenvalue weighted by atomic mass is 35.5. The molecule has 1 aromatic rings. The van der Waals surface area contributed by atoms with Crippen molar-refractivity contribution in [2.45, 2.75) is 44.2 Å². The van der Waals surface area contributed by atoms with E-state index in [4.69, 9.17) is 19.9 Å². The topological polar surface area (TPSA) is 73.9 Å². The number of halogens is 1. The molecular weight excluding hydrogens is 318 g/mol. The van der Waals surface area contributed by atoms with Gasteiger partial charge in [-0.2, -0.15) is 0 Å². The number of rotatable bonds is 6. The van der Waals surface area contributed by atoms with Gasteiger partial charge in [-0.1, -0.05) is 19.3 Å². The first-order valence-electron chi connectivity index (χ1n) is 7.86. The lowest BCUT2D eigenvalue weighted by Gasteiger charge is -2.31. The van der Waals surface area contributed by atoms with Crippen LogP contribution in [-0.4, -0.2) is 32.5 Å². The molecule has 0 unspecified atom stereocenters. The molecule has 23 heavy (non-hydrogen) atoms. The summed E-state index contributed by atoms with van der Waals surface area (Å²) in [6, 6.07) is 3.05. The van der Waals surface area contributed by atoms with Gasteiger partial charge < -0.3 is 25.1 Å². The molecular formula is C17H28ClNO4. The molecule has 132 valence electrons. The third-order valence-electron chi connectivity index (χ3n) is 4.60. The van der Waals surface area contributed by atoms with E-state index in [0.717, 1.165) is 31.2 Å². The number of aliphatic hydroxyl groups is 1. The largest absolute Gasteiger partial charge is 0.496 e. The summed E-state index contributed by atoms with van der Waals surface area (Å²) in [6.45, 7) is 0. The van der Waals surface area contributed by atoms with Crippen LogP contribution in [0, 0.1) is 5.92 Å². The van der Waals surface area contributed by atoms with Crippen molar-refractivity contribution in [1.29, 1.82) is 0 Å². The number of nitrogens with two attached hydrogens (primary N) is 1. The number of benzene rings is 1. The fourth-order valence-electron chi connectivity index (χ4n) is 3.27. The van der Waals surface area contributed by atoms with Crippen LogP contribution < -0.4 is 19.9 Å². The first-order valence-corrected chi connectivity index (χ1v) is 7.86. The summed E-state index contributed by atoms with van der Waals surface area (Å²) in [5.74, 6) is 2.04. The second kappa shape index (κ2) is 9.21. The Kier molecular flexibility index (Phi) is 7.95. The molecule has 1 aliphatic carbocycles. The molecule has 0 aliphatic heterocycles. The molecule has 1 fully saturated rings. The maximum atomic E-state index is 10.7. The number of hydrogen-bond donors (Lipinski definition) is 2. The second-order valence-electron chi connectivity index (χ2n) is 5.86. The zero-order valence-corrected chi connectivity index (χ0v) is 14.9. The summed E-state index contributed by atoms with van der Waals surface area (Å²) in [5, 5.41) is 10.7. The highest BCUT2D eigenvalue weighted by molar-refractivity contribution is 5.85. The monoisotopic (exact) mass is 345 g/mol. The fraction of sp³-hybridized carbons (Fsp3) is 0.647. The van der Waals surface area contributed by atoms with Gasteiger partial charge in [0.15, 0.2) is 11.5 Å². The van der Waals surface area contributed by atoms with E-state index < -0.39 is 12.1 Å². The molecule has 1 aromatic carbocycles. The van der Waals surface area contributed by atoms with Gasteiger partial charge in [-0.25, -0.2) is 0 Å². The minimum absolute atomic E-state index is 0. The van der Waals surface area contributed by atoms with Gasteiger partial charge in [0.2, 0.25) is 0 Å². The van der Waals surface area contributed by atoms with Gasteiger partial charge in [-0.05, 0) is 24.8 Å². The van der Waals surface area contributed by atoms with Crippen LogP contribution in [0.2, 0.25) is 0 Å². The van der Waals surface area contributed by atoms with E-state index in [1.165, 1.54) is 6.42 Å². The summed E-state index contributed by atoms with van der Waals surface area (Å²) in [5.41, 5.74) is 7.08. The van der Waals surface area contributed by atoms with Crippen LogP contribution in [0.3, 0.4) is 0 Å². The molecule has 0 amide bonds. The second-order valence-corrected chi connectivity index (χ2v) is 5.86. The average Bonchev–Trinajstić information content (AvgIpc) is 2.59. The fourth-order valence-corrected chi connectivity index (χ4v) is 3.27. The zero-order valence-electron chi connectivity index (χ0n) is 14.1. The standard InChI is InChI=1S/C17H27NO4.ClH/c1-20-13-10-15(22-3)14(21-2)9-12(13)16(18)17(19)11-7-5-4-6-8-11;/h9-11,16-17,19H,4-8,18H2,1-3H3;1H/t16-,17+;/m0./s1. The summed E-state index contributed by atoms with van der Waals surface area (Å²) in [4.78, 5) is 0. The van der Waals surface area contributed by atoms with Gasteiger partial charge >= 0.3 is 0 Å². The molecule has 6 heteroatoms. The van der Waals surface area contributed by atoms with Crippen molar-refractivity contribution in [3.05, 3.63) is 17.7 Å². The van der Waals surface area contributed by atoms with E-state index in [9.17, 15) is 5.11 Å². The van der Waals surface area contributed by atoms with Crippen LogP contribution in [0.1, 0.15) is 43.7 Å². The van der Waals surface area contributed by atoms with E-state index in [1.807, 2.05) is 0 Å². The van der Waals surface area contributed by atoms with E-state index in [2.05, 4.69) is 0 Å². The first-order chi connectivity index (χ1) is 10.6. The maximum absolute atomic E-state index is 10.7. The van der Waals surface area contributed by atoms with Crippen LogP contribution in [0.15, 0.2) is 12.1 Å². The third-order valence-corrected chi connectivity index (χ3v) is 4.60. The normalized spacial score (nSPS) is 17.8. The quantitative estimate of drug-likeness (QED) is 0.828. The maximum Gasteiger partial charge on any atom is 0.164 e. The van der Waals surface area contributed by atoms with Gasteiger partial charge in [-0.15, -0.1) is 12.4 Å². The molecule has 0 aromatic heterocycles. The average molecular weight is 346 g/mol. The van der Waals surface area contributed by atoms with Crippen molar-refractivity contribution in [3.63, 3.8) is 0 Å². The van der Waals surface area contributed by atoms with Gasteiger partial charge in [0.1, 0.15) is 5.75 Å². The van der Waals surface area contributed by atoms with E-state index in [0.29, 0.717) is 17.2 Å². The molecule has 1 aliphatic rings. The molecule has 2 atom stereocenters. The Morgan fingerprint density at radius 2 is 1.48 bits per heavy atom. The van der Waals surface area contributed by atoms with Crippen molar-refractivity contribution in [2.24, 2.45) is 11.7 Å². The molecule has 0 radical (unpaired) electrons. The smallest absolute Gasteiger partial charge is 0.164 e. The Morgan fingerprint density at radius 1 is 0.957 bits per heavy atom. The van der Waals surface area contributed by atoms with Crippen LogP contribution >= 0.6 is 12.4 Å². The van der Waals surface area contributed by atoms with Crippen molar-refractivity contribution in [3.8, 4) is 17.2 Å². The molecule has 0 spiro atoms. The first kappa shape index (κ1) is 19.9. The summed E-state index contributed by atoms with van der Waals surface area (Å²) in [7, 11) is 4.75. The van der Waals surface area contributed by atoms with Gasteiger partial charge in [0.25, 0.3) is 0 Å². The predicted octanol–water partition coefficient (Wildman–Crippen LogP) is 3.08. The summed E-state index contributed by atoms with van der Waals surface area (Å²) >= 11 is 0. The Labute approximate surface area is 144 Å². The van der Waals surface area contributed by atoms with Crippen LogP contribution in [-0.2, 0) is 0 Å². The van der Waals surface area contributed by atoms with Gasteiger partial charge in [-0.3, -0.25) is 0 Å². The minimum atomic E-state index is -0.577. The Bertz CT molecular complexity index is 492. The van der Waals surface area contributed by atoms with Gasteiger partial charge in [0.05, 0.1) is 33.5 Å². The highest BCUT2D eigenvalue weighted by Gasteiger charge is 2.30. The predicted molar refractivity (Wildman–Crippen MR) is 92.9 cm³/mol. The zero-order chi connectivity index (χ0) is 16.1. The van der Waals surface area contributed by atoms with Crippen molar-refractivity contribution >= 4 is 12.4 Å². The molecule has 3 N–H and O–H groups in total. The van der Waals surface area contributed by atoms with E-state index in [-0.39, 0.29) is 18.3 Å². The lowest BCUT2D eigenvalue weighted by molar-refractivity contribution is 0.0610. The molecule has 0 bridgehead atoms. The van der Waals surface area contributed by atoms with E-state index in [1.54, 1.807) is 33.5 Å². The lowest BCUT2D eigenvalue weighted by atomic mass is 9.81. The van der Waals surface area contributed by atoms with Crippen LogP contribution in [0.5, 0.6) is 17.2 Å². The molecule has 0 saturated heterocycles. The molecule has 1 saturated carbocycles. The number of aliphatic hydroxyl groups excluding tert-OH is 1. The molecule has 2 rings (SSSR count).